The van der Waals surface area contributed by atoms with Gasteiger partial charge in [-0.25, -0.2) is 0 Å². The van der Waals surface area contributed by atoms with E-state index < -0.39 is 11.8 Å². The minimum Gasteiger partial charge on any atom is -0.489 e. The van der Waals surface area contributed by atoms with Crippen molar-refractivity contribution in [2.45, 2.75) is 25.9 Å². The lowest BCUT2D eigenvalue weighted by molar-refractivity contribution is 0.0878. The largest absolute Gasteiger partial charge is 0.489 e. The number of imide groups is 1. The maximum atomic E-state index is 12.7. The van der Waals surface area contributed by atoms with E-state index in [0.717, 1.165) is 5.56 Å². The fourth-order valence-electron chi connectivity index (χ4n) is 3.21. The molecular formula is C19H16N2O4. The standard InChI is InChI=1S/C19H16N2O4/c1-9-10(2)25-16-12(9)4-3-5-14(16)18(23)20-11-6-7-13-15(8-11)19(24)21-17(13)22/h3-10H,1-2H3,(H,20,23)(H,21,22,24)/t9-,10+/m0/s1. The molecule has 0 radical (unpaired) electrons. The van der Waals surface area contributed by atoms with Crippen molar-refractivity contribution in [1.82, 2.24) is 5.32 Å². The van der Waals surface area contributed by atoms with Gasteiger partial charge in [-0.1, -0.05) is 19.1 Å². The second-order valence-corrected chi connectivity index (χ2v) is 6.33. The van der Waals surface area contributed by atoms with Crippen LogP contribution < -0.4 is 15.4 Å². The number of rotatable bonds is 2. The van der Waals surface area contributed by atoms with E-state index in [-0.39, 0.29) is 23.5 Å². The number of amides is 3. The van der Waals surface area contributed by atoms with Crippen LogP contribution in [-0.4, -0.2) is 23.8 Å². The van der Waals surface area contributed by atoms with E-state index in [1.54, 1.807) is 12.1 Å². The first-order chi connectivity index (χ1) is 12.0. The molecule has 4 rings (SSSR count). The molecule has 2 aromatic carbocycles. The first-order valence-electron chi connectivity index (χ1n) is 8.06. The number of carbonyl (C=O) groups excluding carboxylic acids is 3. The number of para-hydroxylation sites is 1. The molecule has 2 atom stereocenters. The smallest absolute Gasteiger partial charge is 0.259 e. The molecule has 0 saturated carbocycles. The Morgan fingerprint density at radius 3 is 2.64 bits per heavy atom. The highest BCUT2D eigenvalue weighted by Crippen LogP contribution is 2.40. The molecule has 0 fully saturated rings. The third kappa shape index (κ3) is 2.38. The summed E-state index contributed by atoms with van der Waals surface area (Å²) in [6.07, 6.45) is 0.0126. The molecule has 2 N–H and O–H groups in total. The number of nitrogens with one attached hydrogen (secondary N) is 2. The zero-order valence-electron chi connectivity index (χ0n) is 13.8. The lowest BCUT2D eigenvalue weighted by Gasteiger charge is -2.10. The molecule has 6 nitrogen and oxygen atoms in total. The van der Waals surface area contributed by atoms with E-state index in [2.05, 4.69) is 17.6 Å². The summed E-state index contributed by atoms with van der Waals surface area (Å²) < 4.78 is 5.84. The monoisotopic (exact) mass is 336 g/mol. The number of benzene rings is 2. The molecule has 0 bridgehead atoms. The summed E-state index contributed by atoms with van der Waals surface area (Å²) in [6.45, 7) is 4.04. The normalized spacial score (nSPS) is 20.6. The van der Waals surface area contributed by atoms with Gasteiger partial charge in [0, 0.05) is 17.2 Å². The van der Waals surface area contributed by atoms with Gasteiger partial charge in [-0.3, -0.25) is 19.7 Å². The molecule has 0 spiro atoms. The first-order valence-corrected chi connectivity index (χ1v) is 8.06. The zero-order valence-corrected chi connectivity index (χ0v) is 13.8. The quantitative estimate of drug-likeness (QED) is 0.826. The Labute approximate surface area is 144 Å². The molecule has 25 heavy (non-hydrogen) atoms. The molecule has 126 valence electrons. The molecule has 0 aromatic heterocycles. The number of carbonyl (C=O) groups is 3. The SMILES string of the molecule is C[C@@H]1c2cccc(C(=O)Nc3ccc4c(c3)C(=O)NC4=O)c2O[C@@H]1C. The van der Waals surface area contributed by atoms with E-state index in [0.29, 0.717) is 22.6 Å². The third-order valence-electron chi connectivity index (χ3n) is 4.78. The highest BCUT2D eigenvalue weighted by Gasteiger charge is 2.31. The number of fused-ring (bicyclic) bond motifs is 2. The van der Waals surface area contributed by atoms with Crippen LogP contribution in [-0.2, 0) is 0 Å². The van der Waals surface area contributed by atoms with Crippen LogP contribution in [0.25, 0.3) is 0 Å². The van der Waals surface area contributed by atoms with Gasteiger partial charge in [0.2, 0.25) is 0 Å². The van der Waals surface area contributed by atoms with Crippen LogP contribution in [0.5, 0.6) is 5.75 Å². The van der Waals surface area contributed by atoms with Gasteiger partial charge in [0.05, 0.1) is 16.7 Å². The van der Waals surface area contributed by atoms with Crippen LogP contribution in [0.1, 0.15) is 56.4 Å². The topological polar surface area (TPSA) is 84.5 Å². The molecule has 0 saturated heterocycles. The summed E-state index contributed by atoms with van der Waals surface area (Å²) in [4.78, 5) is 36.0. The highest BCUT2D eigenvalue weighted by atomic mass is 16.5. The Bertz CT molecular complexity index is 935. The molecule has 2 aliphatic rings. The molecule has 3 amide bonds. The van der Waals surface area contributed by atoms with Crippen molar-refractivity contribution in [2.24, 2.45) is 0 Å². The van der Waals surface area contributed by atoms with Gasteiger partial charge in [0.1, 0.15) is 11.9 Å². The Hall–Kier alpha value is -3.15. The van der Waals surface area contributed by atoms with E-state index in [1.165, 1.54) is 12.1 Å². The van der Waals surface area contributed by atoms with E-state index >= 15 is 0 Å². The van der Waals surface area contributed by atoms with E-state index in [9.17, 15) is 14.4 Å². The fraction of sp³-hybridized carbons (Fsp3) is 0.211. The minimum absolute atomic E-state index is 0.0126. The van der Waals surface area contributed by atoms with Crippen LogP contribution in [0.3, 0.4) is 0 Å². The average Bonchev–Trinajstić information content (AvgIpc) is 3.04. The van der Waals surface area contributed by atoms with Crippen LogP contribution in [0.2, 0.25) is 0 Å². The maximum absolute atomic E-state index is 12.7. The van der Waals surface area contributed by atoms with Crippen molar-refractivity contribution >= 4 is 23.4 Å². The van der Waals surface area contributed by atoms with Gasteiger partial charge >= 0.3 is 0 Å². The van der Waals surface area contributed by atoms with Crippen LogP contribution in [0, 0.1) is 0 Å². The molecule has 2 aromatic rings. The predicted octanol–water partition coefficient (Wildman–Crippen LogP) is 2.71. The Kier molecular flexibility index (Phi) is 3.35. The molecule has 2 aliphatic heterocycles. The minimum atomic E-state index is -0.456. The number of ether oxygens (including phenoxy) is 1. The van der Waals surface area contributed by atoms with Crippen LogP contribution >= 0.6 is 0 Å². The Morgan fingerprint density at radius 1 is 1.08 bits per heavy atom. The third-order valence-corrected chi connectivity index (χ3v) is 4.78. The molecule has 0 aliphatic carbocycles. The fourth-order valence-corrected chi connectivity index (χ4v) is 3.21. The second-order valence-electron chi connectivity index (χ2n) is 6.33. The summed E-state index contributed by atoms with van der Waals surface area (Å²) in [5.74, 6) is -0.368. The predicted molar refractivity (Wildman–Crippen MR) is 91.1 cm³/mol. The van der Waals surface area contributed by atoms with Crippen molar-refractivity contribution in [3.63, 3.8) is 0 Å². The van der Waals surface area contributed by atoms with Gasteiger partial charge < -0.3 is 10.1 Å². The number of hydrogen-bond acceptors (Lipinski definition) is 4. The highest BCUT2D eigenvalue weighted by molar-refractivity contribution is 6.22. The summed E-state index contributed by atoms with van der Waals surface area (Å²) in [5, 5.41) is 5.00. The first kappa shape index (κ1) is 15.4. The zero-order chi connectivity index (χ0) is 17.7. The second kappa shape index (κ2) is 5.44. The van der Waals surface area contributed by atoms with E-state index in [1.807, 2.05) is 19.1 Å². The molecular weight excluding hydrogens is 320 g/mol. The Balaban J connectivity index is 1.64. The van der Waals surface area contributed by atoms with Crippen molar-refractivity contribution in [1.29, 1.82) is 0 Å². The van der Waals surface area contributed by atoms with Gasteiger partial charge in [0.15, 0.2) is 0 Å². The van der Waals surface area contributed by atoms with Gasteiger partial charge in [0.25, 0.3) is 17.7 Å². The molecule has 6 heteroatoms. The van der Waals surface area contributed by atoms with Gasteiger partial charge in [-0.2, -0.15) is 0 Å². The van der Waals surface area contributed by atoms with Crippen molar-refractivity contribution in [3.05, 3.63) is 58.7 Å². The molecule has 0 unspecified atom stereocenters. The summed E-state index contributed by atoms with van der Waals surface area (Å²) in [7, 11) is 0. The van der Waals surface area contributed by atoms with Crippen molar-refractivity contribution < 1.29 is 19.1 Å². The van der Waals surface area contributed by atoms with Gasteiger partial charge in [-0.15, -0.1) is 0 Å². The maximum Gasteiger partial charge on any atom is 0.259 e. The van der Waals surface area contributed by atoms with Crippen LogP contribution in [0.15, 0.2) is 36.4 Å². The lowest BCUT2D eigenvalue weighted by atomic mass is 9.97. The summed E-state index contributed by atoms with van der Waals surface area (Å²) in [6, 6.07) is 10.1. The van der Waals surface area contributed by atoms with Crippen LogP contribution in [0.4, 0.5) is 5.69 Å². The number of hydrogen-bond donors (Lipinski definition) is 2. The van der Waals surface area contributed by atoms with Crippen molar-refractivity contribution in [2.75, 3.05) is 5.32 Å². The molecule has 2 heterocycles. The number of anilines is 1. The Morgan fingerprint density at radius 2 is 1.84 bits per heavy atom. The van der Waals surface area contributed by atoms with E-state index in [4.69, 9.17) is 4.74 Å². The van der Waals surface area contributed by atoms with Crippen molar-refractivity contribution in [3.8, 4) is 5.75 Å². The summed E-state index contributed by atoms with van der Waals surface area (Å²) in [5.41, 5.74) is 2.49. The average molecular weight is 336 g/mol. The summed E-state index contributed by atoms with van der Waals surface area (Å²) >= 11 is 0. The lowest BCUT2D eigenvalue weighted by Crippen LogP contribution is -2.19. The van der Waals surface area contributed by atoms with Gasteiger partial charge in [-0.05, 0) is 31.2 Å².